The molecule has 0 atom stereocenters. The number of hydrogen-bond donors (Lipinski definition) is 2. The molecule has 6 nitrogen and oxygen atoms in total. The monoisotopic (exact) mass is 283 g/mol. The van der Waals surface area contributed by atoms with Crippen molar-refractivity contribution in [1.29, 1.82) is 5.26 Å². The fourth-order valence-electron chi connectivity index (χ4n) is 1.70. The molecule has 2 rings (SSSR count). The lowest BCUT2D eigenvalue weighted by atomic mass is 9.96. The van der Waals surface area contributed by atoms with Gasteiger partial charge in [0.25, 0.3) is 5.91 Å². The van der Waals surface area contributed by atoms with E-state index in [1.165, 1.54) is 0 Å². The number of nitriles is 1. The van der Waals surface area contributed by atoms with Crippen LogP contribution in [0, 0.1) is 18.3 Å². The SMILES string of the molecule is Cc1ccc(C#N)cc1NC(=O)c1n[nH]c(C(C)(C)C)n1. The second-order valence-electron chi connectivity index (χ2n) is 5.85. The summed E-state index contributed by atoms with van der Waals surface area (Å²) in [5.41, 5.74) is 1.73. The number of carbonyl (C=O) groups excluding carboxylic acids is 1. The summed E-state index contributed by atoms with van der Waals surface area (Å²) in [5, 5.41) is 18.3. The Bertz CT molecular complexity index is 718. The molecule has 108 valence electrons. The molecule has 0 aliphatic carbocycles. The quantitative estimate of drug-likeness (QED) is 0.885. The van der Waals surface area contributed by atoms with Crippen LogP contribution in [-0.2, 0) is 5.41 Å². The van der Waals surface area contributed by atoms with Crippen molar-refractivity contribution in [2.45, 2.75) is 33.1 Å². The number of benzene rings is 1. The summed E-state index contributed by atoms with van der Waals surface area (Å²) in [5.74, 6) is 0.330. The first-order chi connectivity index (χ1) is 9.81. The van der Waals surface area contributed by atoms with Gasteiger partial charge >= 0.3 is 0 Å². The highest BCUT2D eigenvalue weighted by atomic mass is 16.2. The first-order valence-electron chi connectivity index (χ1n) is 6.56. The maximum Gasteiger partial charge on any atom is 0.295 e. The van der Waals surface area contributed by atoms with E-state index in [2.05, 4.69) is 20.5 Å². The van der Waals surface area contributed by atoms with Crippen molar-refractivity contribution in [3.05, 3.63) is 41.0 Å². The van der Waals surface area contributed by atoms with Gasteiger partial charge in [-0.05, 0) is 24.6 Å². The average molecular weight is 283 g/mol. The molecular weight excluding hydrogens is 266 g/mol. The minimum atomic E-state index is -0.403. The van der Waals surface area contributed by atoms with Crippen LogP contribution in [0.25, 0.3) is 0 Å². The third-order valence-corrected chi connectivity index (χ3v) is 3.01. The molecule has 0 aliphatic rings. The van der Waals surface area contributed by atoms with Crippen LogP contribution in [0.15, 0.2) is 18.2 Å². The molecule has 2 N–H and O–H groups in total. The van der Waals surface area contributed by atoms with Crippen LogP contribution in [0.4, 0.5) is 5.69 Å². The molecule has 1 aromatic carbocycles. The largest absolute Gasteiger partial charge is 0.319 e. The van der Waals surface area contributed by atoms with E-state index in [0.717, 1.165) is 5.56 Å². The van der Waals surface area contributed by atoms with Gasteiger partial charge in [-0.15, -0.1) is 5.10 Å². The number of aromatic amines is 1. The van der Waals surface area contributed by atoms with Crippen LogP contribution >= 0.6 is 0 Å². The summed E-state index contributed by atoms with van der Waals surface area (Å²) < 4.78 is 0. The highest BCUT2D eigenvalue weighted by Gasteiger charge is 2.21. The summed E-state index contributed by atoms with van der Waals surface area (Å²) in [7, 11) is 0. The number of aromatic nitrogens is 3. The van der Waals surface area contributed by atoms with Gasteiger partial charge in [-0.2, -0.15) is 5.26 Å². The van der Waals surface area contributed by atoms with Gasteiger partial charge in [-0.25, -0.2) is 4.98 Å². The van der Waals surface area contributed by atoms with Gasteiger partial charge < -0.3 is 5.32 Å². The first kappa shape index (κ1) is 14.7. The Kier molecular flexibility index (Phi) is 3.76. The van der Waals surface area contributed by atoms with Crippen LogP contribution in [0.2, 0.25) is 0 Å². The van der Waals surface area contributed by atoms with Crippen LogP contribution in [0.1, 0.15) is 48.3 Å². The van der Waals surface area contributed by atoms with Gasteiger partial charge in [0.05, 0.1) is 11.6 Å². The third kappa shape index (κ3) is 3.26. The van der Waals surface area contributed by atoms with E-state index in [1.54, 1.807) is 18.2 Å². The van der Waals surface area contributed by atoms with Gasteiger partial charge in [0.1, 0.15) is 5.82 Å². The van der Waals surface area contributed by atoms with E-state index in [9.17, 15) is 4.79 Å². The van der Waals surface area contributed by atoms with E-state index in [1.807, 2.05) is 33.8 Å². The summed E-state index contributed by atoms with van der Waals surface area (Å²) in [6.07, 6.45) is 0. The maximum atomic E-state index is 12.2. The second-order valence-corrected chi connectivity index (χ2v) is 5.85. The molecule has 2 aromatic rings. The Hall–Kier alpha value is -2.68. The van der Waals surface area contributed by atoms with Crippen molar-refractivity contribution in [3.63, 3.8) is 0 Å². The molecule has 0 spiro atoms. The highest BCUT2D eigenvalue weighted by Crippen LogP contribution is 2.19. The first-order valence-corrected chi connectivity index (χ1v) is 6.56. The molecule has 21 heavy (non-hydrogen) atoms. The maximum absolute atomic E-state index is 12.2. The summed E-state index contributed by atoms with van der Waals surface area (Å²) in [6.45, 7) is 7.80. The zero-order valence-corrected chi connectivity index (χ0v) is 12.5. The summed E-state index contributed by atoms with van der Waals surface area (Å²) >= 11 is 0. The lowest BCUT2D eigenvalue weighted by Crippen LogP contribution is -2.16. The number of amides is 1. The number of rotatable bonds is 2. The van der Waals surface area contributed by atoms with Crippen molar-refractivity contribution in [2.24, 2.45) is 0 Å². The smallest absolute Gasteiger partial charge is 0.295 e. The van der Waals surface area contributed by atoms with Crippen molar-refractivity contribution in [1.82, 2.24) is 15.2 Å². The third-order valence-electron chi connectivity index (χ3n) is 3.01. The van der Waals surface area contributed by atoms with E-state index < -0.39 is 5.91 Å². The lowest BCUT2D eigenvalue weighted by Gasteiger charge is -2.12. The molecule has 1 amide bonds. The number of hydrogen-bond acceptors (Lipinski definition) is 4. The van der Waals surface area contributed by atoms with Crippen molar-refractivity contribution in [2.75, 3.05) is 5.32 Å². The highest BCUT2D eigenvalue weighted by molar-refractivity contribution is 6.02. The van der Waals surface area contributed by atoms with E-state index in [-0.39, 0.29) is 11.2 Å². The fraction of sp³-hybridized carbons (Fsp3) is 0.333. The Balaban J connectivity index is 2.23. The molecule has 6 heteroatoms. The summed E-state index contributed by atoms with van der Waals surface area (Å²) in [4.78, 5) is 16.4. The van der Waals surface area contributed by atoms with E-state index >= 15 is 0 Å². The molecule has 0 aliphatic heterocycles. The zero-order valence-electron chi connectivity index (χ0n) is 12.5. The Morgan fingerprint density at radius 2 is 2.10 bits per heavy atom. The second kappa shape index (κ2) is 5.37. The Morgan fingerprint density at radius 3 is 2.67 bits per heavy atom. The van der Waals surface area contributed by atoms with E-state index in [0.29, 0.717) is 17.1 Å². The van der Waals surface area contributed by atoms with E-state index in [4.69, 9.17) is 5.26 Å². The number of H-pyrrole nitrogens is 1. The number of carbonyl (C=O) groups is 1. The molecular formula is C15H17N5O. The number of nitrogens with one attached hydrogen (secondary N) is 2. The van der Waals surface area contributed by atoms with Gasteiger partial charge in [0.15, 0.2) is 0 Å². The molecule has 1 aromatic heterocycles. The molecule has 0 bridgehead atoms. The molecule has 0 saturated carbocycles. The molecule has 0 fully saturated rings. The molecule has 0 radical (unpaired) electrons. The number of anilines is 1. The average Bonchev–Trinajstić information content (AvgIpc) is 2.91. The van der Waals surface area contributed by atoms with Gasteiger partial charge in [-0.1, -0.05) is 26.8 Å². The normalized spacial score (nSPS) is 11.0. The predicted octanol–water partition coefficient (Wildman–Crippen LogP) is 2.53. The Morgan fingerprint density at radius 1 is 1.38 bits per heavy atom. The molecule has 0 saturated heterocycles. The van der Waals surface area contributed by atoms with Crippen molar-refractivity contribution >= 4 is 11.6 Å². The minimum absolute atomic E-state index is 0.0849. The Labute approximate surface area is 123 Å². The lowest BCUT2D eigenvalue weighted by molar-refractivity contribution is 0.101. The zero-order chi connectivity index (χ0) is 15.6. The van der Waals surface area contributed by atoms with Crippen LogP contribution in [0.3, 0.4) is 0 Å². The van der Waals surface area contributed by atoms with Crippen LogP contribution in [-0.4, -0.2) is 21.1 Å². The summed E-state index contributed by atoms with van der Waals surface area (Å²) in [6, 6.07) is 7.16. The van der Waals surface area contributed by atoms with Gasteiger partial charge in [0.2, 0.25) is 5.82 Å². The molecule has 0 unspecified atom stereocenters. The van der Waals surface area contributed by atoms with Gasteiger partial charge in [-0.3, -0.25) is 9.89 Å². The standard InChI is InChI=1S/C15H17N5O/c1-9-5-6-10(8-16)7-11(9)17-13(21)12-18-14(20-19-12)15(2,3)4/h5-7H,1-4H3,(H,17,21)(H,18,19,20). The van der Waals surface area contributed by atoms with Gasteiger partial charge in [0, 0.05) is 11.1 Å². The van der Waals surface area contributed by atoms with Crippen molar-refractivity contribution < 1.29 is 4.79 Å². The van der Waals surface area contributed by atoms with Crippen LogP contribution in [0.5, 0.6) is 0 Å². The van der Waals surface area contributed by atoms with Crippen molar-refractivity contribution in [3.8, 4) is 6.07 Å². The topological polar surface area (TPSA) is 94.5 Å². The minimum Gasteiger partial charge on any atom is -0.319 e. The molecule has 1 heterocycles. The van der Waals surface area contributed by atoms with Crippen LogP contribution < -0.4 is 5.32 Å². The number of aryl methyl sites for hydroxylation is 1. The fourth-order valence-corrected chi connectivity index (χ4v) is 1.70. The number of nitrogens with zero attached hydrogens (tertiary/aromatic N) is 3. The predicted molar refractivity (Wildman–Crippen MR) is 78.9 cm³/mol.